The standard InChI is InChI=1S/C17H26N2O2/c1-12(17(5)10-11-17)18-13-8-6-7-9-14(13)19-15(20)21-16(2,3)4/h6-9,12,18H,10-11H2,1-5H3,(H,19,20). The van der Waals surface area contributed by atoms with Crippen LogP contribution in [0.4, 0.5) is 16.2 Å². The van der Waals surface area contributed by atoms with E-state index in [1.165, 1.54) is 12.8 Å². The van der Waals surface area contributed by atoms with Crippen molar-refractivity contribution in [1.29, 1.82) is 0 Å². The topological polar surface area (TPSA) is 50.4 Å². The van der Waals surface area contributed by atoms with Gasteiger partial charge in [-0.1, -0.05) is 19.1 Å². The van der Waals surface area contributed by atoms with Crippen molar-refractivity contribution in [2.45, 2.75) is 59.1 Å². The van der Waals surface area contributed by atoms with Gasteiger partial charge in [-0.2, -0.15) is 0 Å². The lowest BCUT2D eigenvalue weighted by Crippen LogP contribution is -2.28. The second-order valence-corrected chi connectivity index (χ2v) is 7.19. The molecule has 2 rings (SSSR count). The highest BCUT2D eigenvalue weighted by atomic mass is 16.6. The maximum absolute atomic E-state index is 11.9. The molecule has 0 aliphatic heterocycles. The van der Waals surface area contributed by atoms with Crippen LogP contribution in [0.1, 0.15) is 47.5 Å². The number of hydrogen-bond acceptors (Lipinski definition) is 3. The predicted molar refractivity (Wildman–Crippen MR) is 86.7 cm³/mol. The molecule has 1 aliphatic rings. The summed E-state index contributed by atoms with van der Waals surface area (Å²) < 4.78 is 5.30. The Kier molecular flexibility index (Phi) is 4.17. The molecule has 0 saturated heterocycles. The van der Waals surface area contributed by atoms with E-state index in [1.54, 1.807) is 0 Å². The molecule has 0 bridgehead atoms. The molecule has 0 aromatic heterocycles. The van der Waals surface area contributed by atoms with Gasteiger partial charge in [0.15, 0.2) is 0 Å². The highest BCUT2D eigenvalue weighted by Crippen LogP contribution is 2.49. The van der Waals surface area contributed by atoms with Gasteiger partial charge in [-0.05, 0) is 58.1 Å². The molecular formula is C17H26N2O2. The summed E-state index contributed by atoms with van der Waals surface area (Å²) in [6.45, 7) is 10.0. The molecule has 4 nitrogen and oxygen atoms in total. The molecule has 1 amide bonds. The lowest BCUT2D eigenvalue weighted by molar-refractivity contribution is 0.0636. The number of carbonyl (C=O) groups excluding carboxylic acids is 1. The fraction of sp³-hybridized carbons (Fsp3) is 0.588. The first-order chi connectivity index (χ1) is 9.70. The highest BCUT2D eigenvalue weighted by Gasteiger charge is 2.42. The Labute approximate surface area is 127 Å². The first-order valence-electron chi connectivity index (χ1n) is 7.55. The van der Waals surface area contributed by atoms with Crippen molar-refractivity contribution in [1.82, 2.24) is 0 Å². The molecule has 2 N–H and O–H groups in total. The molecule has 4 heteroatoms. The van der Waals surface area contributed by atoms with Crippen LogP contribution in [0.3, 0.4) is 0 Å². The smallest absolute Gasteiger partial charge is 0.412 e. The van der Waals surface area contributed by atoms with E-state index >= 15 is 0 Å². The zero-order valence-electron chi connectivity index (χ0n) is 13.6. The normalized spacial score (nSPS) is 17.8. The minimum atomic E-state index is -0.499. The van der Waals surface area contributed by atoms with Crippen molar-refractivity contribution >= 4 is 17.5 Å². The quantitative estimate of drug-likeness (QED) is 0.849. The van der Waals surface area contributed by atoms with Crippen molar-refractivity contribution < 1.29 is 9.53 Å². The van der Waals surface area contributed by atoms with Crippen LogP contribution in [-0.4, -0.2) is 17.7 Å². The molecule has 1 atom stereocenters. The number of anilines is 2. The monoisotopic (exact) mass is 290 g/mol. The van der Waals surface area contributed by atoms with Crippen molar-refractivity contribution in [3.8, 4) is 0 Å². The number of hydrogen-bond donors (Lipinski definition) is 2. The average molecular weight is 290 g/mol. The summed E-state index contributed by atoms with van der Waals surface area (Å²) in [5, 5.41) is 6.33. The summed E-state index contributed by atoms with van der Waals surface area (Å²) >= 11 is 0. The summed E-state index contributed by atoms with van der Waals surface area (Å²) in [6.07, 6.45) is 2.08. The SMILES string of the molecule is CC(Nc1ccccc1NC(=O)OC(C)(C)C)C1(C)CC1. The third-order valence-electron chi connectivity index (χ3n) is 4.02. The summed E-state index contributed by atoms with van der Waals surface area (Å²) in [7, 11) is 0. The van der Waals surface area contributed by atoms with E-state index in [0.717, 1.165) is 11.4 Å². The largest absolute Gasteiger partial charge is 0.444 e. The van der Waals surface area contributed by atoms with Gasteiger partial charge in [0.05, 0.1) is 11.4 Å². The number of para-hydroxylation sites is 2. The minimum Gasteiger partial charge on any atom is -0.444 e. The van der Waals surface area contributed by atoms with Crippen LogP contribution in [0.2, 0.25) is 0 Å². The van der Waals surface area contributed by atoms with E-state index < -0.39 is 11.7 Å². The average Bonchev–Trinajstić information content (AvgIpc) is 3.09. The first-order valence-corrected chi connectivity index (χ1v) is 7.55. The van der Waals surface area contributed by atoms with Gasteiger partial charge >= 0.3 is 6.09 Å². The Morgan fingerprint density at radius 1 is 1.24 bits per heavy atom. The zero-order valence-corrected chi connectivity index (χ0v) is 13.6. The molecule has 0 heterocycles. The van der Waals surface area contributed by atoms with Crippen LogP contribution >= 0.6 is 0 Å². The van der Waals surface area contributed by atoms with Crippen molar-refractivity contribution in [2.75, 3.05) is 10.6 Å². The number of benzene rings is 1. The Morgan fingerprint density at radius 3 is 2.33 bits per heavy atom. The molecule has 1 fully saturated rings. The van der Waals surface area contributed by atoms with Crippen LogP contribution in [0.25, 0.3) is 0 Å². The van der Waals surface area contributed by atoms with Crippen molar-refractivity contribution in [2.24, 2.45) is 5.41 Å². The summed E-state index contributed by atoms with van der Waals surface area (Å²) in [4.78, 5) is 11.9. The summed E-state index contributed by atoms with van der Waals surface area (Å²) in [5.41, 5.74) is 1.56. The number of rotatable bonds is 4. The van der Waals surface area contributed by atoms with Gasteiger partial charge in [-0.25, -0.2) is 4.79 Å². The Morgan fingerprint density at radius 2 is 1.81 bits per heavy atom. The van der Waals surface area contributed by atoms with Gasteiger partial charge < -0.3 is 10.1 Å². The van der Waals surface area contributed by atoms with E-state index in [1.807, 2.05) is 45.0 Å². The van der Waals surface area contributed by atoms with Crippen LogP contribution in [-0.2, 0) is 4.74 Å². The Hall–Kier alpha value is -1.71. The molecular weight excluding hydrogens is 264 g/mol. The molecule has 0 spiro atoms. The van der Waals surface area contributed by atoms with Gasteiger partial charge in [0.1, 0.15) is 5.60 Å². The van der Waals surface area contributed by atoms with E-state index in [0.29, 0.717) is 11.5 Å². The van der Waals surface area contributed by atoms with Gasteiger partial charge in [0.2, 0.25) is 0 Å². The Bertz CT molecular complexity index is 516. The molecule has 1 saturated carbocycles. The molecule has 1 aromatic rings. The summed E-state index contributed by atoms with van der Waals surface area (Å²) in [5.74, 6) is 0. The Balaban J connectivity index is 2.04. The van der Waals surface area contributed by atoms with E-state index in [-0.39, 0.29) is 0 Å². The van der Waals surface area contributed by atoms with E-state index in [9.17, 15) is 4.79 Å². The van der Waals surface area contributed by atoms with E-state index in [2.05, 4.69) is 24.5 Å². The number of ether oxygens (including phenoxy) is 1. The molecule has 116 valence electrons. The van der Waals surface area contributed by atoms with Gasteiger partial charge in [-0.3, -0.25) is 5.32 Å². The maximum atomic E-state index is 11.9. The second kappa shape index (κ2) is 5.58. The number of carbonyl (C=O) groups is 1. The third-order valence-corrected chi connectivity index (χ3v) is 4.02. The lowest BCUT2D eigenvalue weighted by Gasteiger charge is -2.24. The van der Waals surface area contributed by atoms with Crippen molar-refractivity contribution in [3.05, 3.63) is 24.3 Å². The highest BCUT2D eigenvalue weighted by molar-refractivity contribution is 5.89. The third kappa shape index (κ3) is 4.38. The summed E-state index contributed by atoms with van der Waals surface area (Å²) in [6, 6.07) is 8.11. The molecule has 21 heavy (non-hydrogen) atoms. The fourth-order valence-electron chi connectivity index (χ4n) is 2.17. The van der Waals surface area contributed by atoms with Gasteiger partial charge in [-0.15, -0.1) is 0 Å². The molecule has 1 unspecified atom stereocenters. The molecule has 1 aliphatic carbocycles. The number of amides is 1. The first kappa shape index (κ1) is 15.7. The zero-order chi connectivity index (χ0) is 15.7. The van der Waals surface area contributed by atoms with Crippen LogP contribution < -0.4 is 10.6 Å². The molecule has 1 aromatic carbocycles. The maximum Gasteiger partial charge on any atom is 0.412 e. The van der Waals surface area contributed by atoms with Gasteiger partial charge in [0, 0.05) is 6.04 Å². The lowest BCUT2D eigenvalue weighted by atomic mass is 10.0. The van der Waals surface area contributed by atoms with Crippen LogP contribution in [0.5, 0.6) is 0 Å². The fourth-order valence-corrected chi connectivity index (χ4v) is 2.17. The minimum absolute atomic E-state index is 0.374. The molecule has 0 radical (unpaired) electrons. The number of nitrogens with one attached hydrogen (secondary N) is 2. The van der Waals surface area contributed by atoms with Gasteiger partial charge in [0.25, 0.3) is 0 Å². The van der Waals surface area contributed by atoms with E-state index in [4.69, 9.17) is 4.74 Å². The van der Waals surface area contributed by atoms with Crippen LogP contribution in [0, 0.1) is 5.41 Å². The predicted octanol–water partition coefficient (Wildman–Crippen LogP) is 4.63. The van der Waals surface area contributed by atoms with Crippen molar-refractivity contribution in [3.63, 3.8) is 0 Å². The second-order valence-electron chi connectivity index (χ2n) is 7.19. The van der Waals surface area contributed by atoms with Crippen LogP contribution in [0.15, 0.2) is 24.3 Å².